The predicted molar refractivity (Wildman–Crippen MR) is 73.6 cm³/mol. The molecule has 0 spiro atoms. The van der Waals surface area contributed by atoms with Gasteiger partial charge in [-0.15, -0.1) is 11.3 Å². The third-order valence-electron chi connectivity index (χ3n) is 2.77. The summed E-state index contributed by atoms with van der Waals surface area (Å²) >= 11 is 1.38. The second kappa shape index (κ2) is 4.90. The number of carbonyl (C=O) groups excluding carboxylic acids is 1. The van der Waals surface area contributed by atoms with E-state index in [4.69, 9.17) is 4.74 Å². The maximum Gasteiger partial charge on any atom is 0.188 e. The number of rotatable bonds is 3. The van der Waals surface area contributed by atoms with Gasteiger partial charge in [0.1, 0.15) is 5.75 Å². The molecular weight excluding hydrogens is 246 g/mol. The van der Waals surface area contributed by atoms with E-state index >= 15 is 0 Å². The van der Waals surface area contributed by atoms with Crippen molar-refractivity contribution in [3.05, 3.63) is 33.6 Å². The largest absolute Gasteiger partial charge is 0.496 e. The Morgan fingerprint density at radius 3 is 2.33 bits per heavy atom. The Morgan fingerprint density at radius 1 is 1.28 bits per heavy atom. The minimum atomic E-state index is 0.00760. The number of Topliss-reactive ketones (excluding diaryl/α,β-unsaturated/α-hetero) is 1. The molecule has 0 saturated carbocycles. The van der Waals surface area contributed by atoms with E-state index in [1.807, 2.05) is 31.4 Å². The van der Waals surface area contributed by atoms with Crippen LogP contribution in [0.4, 0.5) is 0 Å². The van der Waals surface area contributed by atoms with Crippen LogP contribution in [0.5, 0.6) is 5.75 Å². The van der Waals surface area contributed by atoms with E-state index in [1.54, 1.807) is 7.11 Å². The predicted octanol–water partition coefficient (Wildman–Crippen LogP) is 3.64. The molecule has 18 heavy (non-hydrogen) atoms. The molecule has 2 rings (SSSR count). The van der Waals surface area contributed by atoms with Crippen molar-refractivity contribution in [2.75, 3.05) is 7.11 Å². The molecule has 0 radical (unpaired) electrons. The van der Waals surface area contributed by atoms with E-state index in [0.29, 0.717) is 5.01 Å². The molecule has 0 amide bonds. The summed E-state index contributed by atoms with van der Waals surface area (Å²) in [7, 11) is 1.67. The second-order valence-corrected chi connectivity index (χ2v) is 5.10. The van der Waals surface area contributed by atoms with Gasteiger partial charge in [0, 0.05) is 17.9 Å². The lowest BCUT2D eigenvalue weighted by Gasteiger charge is -2.10. The molecule has 0 aliphatic rings. The molecule has 0 atom stereocenters. The van der Waals surface area contributed by atoms with Crippen molar-refractivity contribution in [3.8, 4) is 17.0 Å². The lowest BCUT2D eigenvalue weighted by Crippen LogP contribution is -1.93. The first-order valence-corrected chi connectivity index (χ1v) is 6.53. The Kier molecular flexibility index (Phi) is 3.48. The smallest absolute Gasteiger partial charge is 0.188 e. The molecule has 1 aromatic carbocycles. The number of ketones is 1. The van der Waals surface area contributed by atoms with Gasteiger partial charge in [-0.1, -0.05) is 0 Å². The molecule has 4 heteroatoms. The first kappa shape index (κ1) is 12.8. The van der Waals surface area contributed by atoms with Crippen LogP contribution < -0.4 is 4.74 Å². The van der Waals surface area contributed by atoms with Gasteiger partial charge >= 0.3 is 0 Å². The second-order valence-electron chi connectivity index (χ2n) is 4.24. The lowest BCUT2D eigenvalue weighted by molar-refractivity contribution is 0.101. The summed E-state index contributed by atoms with van der Waals surface area (Å²) in [5.41, 5.74) is 4.02. The third-order valence-corrected chi connectivity index (χ3v) is 3.71. The summed E-state index contributed by atoms with van der Waals surface area (Å²) in [4.78, 5) is 15.6. The summed E-state index contributed by atoms with van der Waals surface area (Å²) in [5, 5.41) is 2.47. The van der Waals surface area contributed by atoms with Gasteiger partial charge < -0.3 is 4.74 Å². The SMILES string of the molecule is COc1c(C)cc(-c2csc(C(C)=O)n2)cc1C. The van der Waals surface area contributed by atoms with Crippen molar-refractivity contribution in [1.29, 1.82) is 0 Å². The van der Waals surface area contributed by atoms with Crippen molar-refractivity contribution in [2.24, 2.45) is 0 Å². The lowest BCUT2D eigenvalue weighted by atomic mass is 10.0. The fourth-order valence-electron chi connectivity index (χ4n) is 1.99. The quantitative estimate of drug-likeness (QED) is 0.792. The zero-order valence-electron chi connectivity index (χ0n) is 10.9. The molecule has 0 bridgehead atoms. The normalized spacial score (nSPS) is 10.4. The van der Waals surface area contributed by atoms with Crippen molar-refractivity contribution in [2.45, 2.75) is 20.8 Å². The maximum absolute atomic E-state index is 11.3. The highest BCUT2D eigenvalue weighted by atomic mass is 32.1. The monoisotopic (exact) mass is 261 g/mol. The number of benzene rings is 1. The Labute approximate surface area is 110 Å². The summed E-state index contributed by atoms with van der Waals surface area (Å²) in [6.07, 6.45) is 0. The molecule has 0 N–H and O–H groups in total. The van der Waals surface area contributed by atoms with Gasteiger partial charge in [0.15, 0.2) is 10.8 Å². The van der Waals surface area contributed by atoms with Gasteiger partial charge in [-0.25, -0.2) is 4.98 Å². The molecule has 3 nitrogen and oxygen atoms in total. The molecule has 2 aromatic rings. The van der Waals surface area contributed by atoms with Crippen LogP contribution in [0.15, 0.2) is 17.5 Å². The van der Waals surface area contributed by atoms with Gasteiger partial charge in [-0.3, -0.25) is 4.79 Å². The highest BCUT2D eigenvalue weighted by molar-refractivity contribution is 7.12. The van der Waals surface area contributed by atoms with Gasteiger partial charge in [0.25, 0.3) is 0 Å². The van der Waals surface area contributed by atoms with E-state index in [9.17, 15) is 4.79 Å². The number of aryl methyl sites for hydroxylation is 2. The minimum Gasteiger partial charge on any atom is -0.496 e. The van der Waals surface area contributed by atoms with Crippen molar-refractivity contribution >= 4 is 17.1 Å². The first-order valence-electron chi connectivity index (χ1n) is 5.65. The van der Waals surface area contributed by atoms with Crippen LogP contribution in [-0.4, -0.2) is 17.9 Å². The Morgan fingerprint density at radius 2 is 1.89 bits per heavy atom. The Bertz CT molecular complexity index is 579. The number of thiazole rings is 1. The fraction of sp³-hybridized carbons (Fsp3) is 0.286. The molecule has 1 heterocycles. The van der Waals surface area contributed by atoms with E-state index in [0.717, 1.165) is 28.1 Å². The minimum absolute atomic E-state index is 0.00760. The highest BCUT2D eigenvalue weighted by Gasteiger charge is 2.11. The van der Waals surface area contributed by atoms with Gasteiger partial charge in [0.05, 0.1) is 12.8 Å². The number of nitrogens with zero attached hydrogens (tertiary/aromatic N) is 1. The fourth-order valence-corrected chi connectivity index (χ4v) is 2.72. The van der Waals surface area contributed by atoms with Gasteiger partial charge in [-0.05, 0) is 37.1 Å². The van der Waals surface area contributed by atoms with Crippen LogP contribution in [0.3, 0.4) is 0 Å². The molecule has 94 valence electrons. The number of hydrogen-bond donors (Lipinski definition) is 0. The summed E-state index contributed by atoms with van der Waals surface area (Å²) in [6.45, 7) is 5.55. The zero-order chi connectivity index (χ0) is 13.3. The third kappa shape index (κ3) is 2.29. The van der Waals surface area contributed by atoms with E-state index in [2.05, 4.69) is 4.98 Å². The molecule has 0 aliphatic carbocycles. The van der Waals surface area contributed by atoms with Gasteiger partial charge in [0.2, 0.25) is 0 Å². The van der Waals surface area contributed by atoms with Crippen LogP contribution >= 0.6 is 11.3 Å². The van der Waals surface area contributed by atoms with Crippen LogP contribution in [0, 0.1) is 13.8 Å². The molecular formula is C14H15NO2S. The van der Waals surface area contributed by atoms with Crippen LogP contribution in [0.1, 0.15) is 27.9 Å². The summed E-state index contributed by atoms with van der Waals surface area (Å²) in [5.74, 6) is 0.911. The topological polar surface area (TPSA) is 39.2 Å². The number of ether oxygens (including phenoxy) is 1. The average Bonchev–Trinajstić information content (AvgIpc) is 2.77. The van der Waals surface area contributed by atoms with Crippen LogP contribution in [0.25, 0.3) is 11.3 Å². The summed E-state index contributed by atoms with van der Waals surface area (Å²) in [6, 6.07) is 4.07. The Balaban J connectivity index is 2.47. The zero-order valence-corrected chi connectivity index (χ0v) is 11.7. The van der Waals surface area contributed by atoms with E-state index in [1.165, 1.54) is 18.3 Å². The number of carbonyl (C=O) groups is 1. The van der Waals surface area contributed by atoms with Crippen LogP contribution in [0.2, 0.25) is 0 Å². The van der Waals surface area contributed by atoms with Crippen molar-refractivity contribution in [1.82, 2.24) is 4.98 Å². The standard InChI is InChI=1S/C14H15NO2S/c1-8-5-11(6-9(2)13(8)17-4)12-7-18-14(15-12)10(3)16/h5-7H,1-4H3. The molecule has 0 fully saturated rings. The van der Waals surface area contributed by atoms with Crippen LogP contribution in [-0.2, 0) is 0 Å². The van der Waals surface area contributed by atoms with E-state index in [-0.39, 0.29) is 5.78 Å². The maximum atomic E-state index is 11.3. The number of aromatic nitrogens is 1. The van der Waals surface area contributed by atoms with Crippen molar-refractivity contribution < 1.29 is 9.53 Å². The molecule has 0 unspecified atom stereocenters. The molecule has 0 aliphatic heterocycles. The highest BCUT2D eigenvalue weighted by Crippen LogP contribution is 2.30. The summed E-state index contributed by atoms with van der Waals surface area (Å²) < 4.78 is 5.34. The van der Waals surface area contributed by atoms with E-state index < -0.39 is 0 Å². The van der Waals surface area contributed by atoms with Gasteiger partial charge in [-0.2, -0.15) is 0 Å². The molecule has 1 aromatic heterocycles. The Hall–Kier alpha value is -1.68. The first-order chi connectivity index (χ1) is 8.52. The average molecular weight is 261 g/mol. The number of hydrogen-bond acceptors (Lipinski definition) is 4. The number of methoxy groups -OCH3 is 1. The molecule has 0 saturated heterocycles. The van der Waals surface area contributed by atoms with Crippen molar-refractivity contribution in [3.63, 3.8) is 0 Å².